The molecule has 0 radical (unpaired) electrons. The van der Waals surface area contributed by atoms with Crippen LogP contribution in [0.4, 0.5) is 0 Å². The first-order chi connectivity index (χ1) is 15.7. The lowest BCUT2D eigenvalue weighted by Crippen LogP contribution is -2.43. The molecule has 2 aromatic carbocycles. The number of aliphatic imine (C=N–C) groups is 1. The SMILES string of the molecule is CCNC(=NCc1ccc(CN2CCC(O)CC2)cc1)N1CC=C(c2ccccc2)CC1. The van der Waals surface area contributed by atoms with E-state index in [9.17, 15) is 5.11 Å². The molecule has 0 aliphatic carbocycles. The molecule has 2 aromatic rings. The van der Waals surface area contributed by atoms with E-state index in [4.69, 9.17) is 4.99 Å². The maximum Gasteiger partial charge on any atom is 0.194 e. The lowest BCUT2D eigenvalue weighted by Gasteiger charge is -2.30. The Balaban J connectivity index is 1.33. The zero-order chi connectivity index (χ0) is 22.2. The Morgan fingerprint density at radius 2 is 1.72 bits per heavy atom. The summed E-state index contributed by atoms with van der Waals surface area (Å²) >= 11 is 0. The molecule has 1 saturated heterocycles. The van der Waals surface area contributed by atoms with E-state index in [0.717, 1.165) is 64.5 Å². The Morgan fingerprint density at radius 3 is 2.38 bits per heavy atom. The van der Waals surface area contributed by atoms with Crippen molar-refractivity contribution in [1.82, 2.24) is 15.1 Å². The number of nitrogens with zero attached hydrogens (tertiary/aromatic N) is 3. The fraction of sp³-hybridized carbons (Fsp3) is 0.444. The van der Waals surface area contributed by atoms with Crippen LogP contribution in [-0.2, 0) is 13.1 Å². The van der Waals surface area contributed by atoms with E-state index >= 15 is 0 Å². The van der Waals surface area contributed by atoms with Crippen molar-refractivity contribution < 1.29 is 5.11 Å². The van der Waals surface area contributed by atoms with E-state index in [1.165, 1.54) is 22.3 Å². The maximum atomic E-state index is 9.68. The Labute approximate surface area is 192 Å². The predicted octanol–water partition coefficient (Wildman–Crippen LogP) is 3.90. The molecule has 0 unspecified atom stereocenters. The number of aliphatic hydroxyl groups is 1. The van der Waals surface area contributed by atoms with Crippen LogP contribution in [0.2, 0.25) is 0 Å². The first-order valence-corrected chi connectivity index (χ1v) is 12.0. The van der Waals surface area contributed by atoms with Crippen LogP contribution in [0.3, 0.4) is 0 Å². The van der Waals surface area contributed by atoms with Gasteiger partial charge in [0.25, 0.3) is 0 Å². The van der Waals surface area contributed by atoms with Crippen LogP contribution in [0.5, 0.6) is 0 Å². The van der Waals surface area contributed by atoms with Crippen LogP contribution in [-0.4, -0.2) is 59.7 Å². The molecule has 2 heterocycles. The van der Waals surface area contributed by atoms with Gasteiger partial charge in [0, 0.05) is 39.3 Å². The molecule has 0 spiro atoms. The van der Waals surface area contributed by atoms with Gasteiger partial charge in [0.2, 0.25) is 0 Å². The third-order valence-corrected chi connectivity index (χ3v) is 6.39. The van der Waals surface area contributed by atoms with E-state index in [-0.39, 0.29) is 6.10 Å². The summed E-state index contributed by atoms with van der Waals surface area (Å²) in [7, 11) is 0. The summed E-state index contributed by atoms with van der Waals surface area (Å²) in [5, 5.41) is 13.1. The number of hydrogen-bond acceptors (Lipinski definition) is 3. The van der Waals surface area contributed by atoms with Gasteiger partial charge in [0.05, 0.1) is 12.6 Å². The molecule has 0 bridgehead atoms. The van der Waals surface area contributed by atoms with E-state index in [1.807, 2.05) is 0 Å². The minimum absolute atomic E-state index is 0.113. The average molecular weight is 433 g/mol. The molecule has 1 fully saturated rings. The van der Waals surface area contributed by atoms with Crippen LogP contribution in [0.25, 0.3) is 5.57 Å². The summed E-state index contributed by atoms with van der Waals surface area (Å²) < 4.78 is 0. The van der Waals surface area contributed by atoms with Gasteiger partial charge in [0.15, 0.2) is 5.96 Å². The highest BCUT2D eigenvalue weighted by molar-refractivity contribution is 5.81. The monoisotopic (exact) mass is 432 g/mol. The molecule has 2 N–H and O–H groups in total. The zero-order valence-electron chi connectivity index (χ0n) is 19.2. The van der Waals surface area contributed by atoms with Crippen molar-refractivity contribution in [2.24, 2.45) is 4.99 Å². The van der Waals surface area contributed by atoms with Gasteiger partial charge < -0.3 is 15.3 Å². The number of piperidine rings is 1. The van der Waals surface area contributed by atoms with Gasteiger partial charge in [-0.3, -0.25) is 4.90 Å². The quantitative estimate of drug-likeness (QED) is 0.537. The van der Waals surface area contributed by atoms with Crippen molar-refractivity contribution in [2.45, 2.75) is 45.4 Å². The fourth-order valence-corrected chi connectivity index (χ4v) is 4.45. The van der Waals surface area contributed by atoms with Crippen molar-refractivity contribution in [1.29, 1.82) is 0 Å². The van der Waals surface area contributed by atoms with Gasteiger partial charge in [-0.2, -0.15) is 0 Å². The molecule has 2 aliphatic heterocycles. The van der Waals surface area contributed by atoms with Crippen LogP contribution < -0.4 is 5.32 Å². The number of benzene rings is 2. The highest BCUT2D eigenvalue weighted by Gasteiger charge is 2.17. The summed E-state index contributed by atoms with van der Waals surface area (Å²) in [5.74, 6) is 0.992. The largest absolute Gasteiger partial charge is 0.393 e. The van der Waals surface area contributed by atoms with Crippen molar-refractivity contribution in [3.8, 4) is 0 Å². The van der Waals surface area contributed by atoms with Crippen molar-refractivity contribution in [2.75, 3.05) is 32.7 Å². The fourth-order valence-electron chi connectivity index (χ4n) is 4.45. The number of aliphatic hydroxyl groups excluding tert-OH is 1. The van der Waals surface area contributed by atoms with E-state index in [1.54, 1.807) is 0 Å². The average Bonchev–Trinajstić information content (AvgIpc) is 2.85. The van der Waals surface area contributed by atoms with Gasteiger partial charge in [-0.15, -0.1) is 0 Å². The second-order valence-electron chi connectivity index (χ2n) is 8.79. The van der Waals surface area contributed by atoms with Crippen LogP contribution in [0, 0.1) is 0 Å². The topological polar surface area (TPSA) is 51.1 Å². The van der Waals surface area contributed by atoms with Crippen molar-refractivity contribution in [3.63, 3.8) is 0 Å². The first kappa shape index (κ1) is 22.6. The van der Waals surface area contributed by atoms with E-state index < -0.39 is 0 Å². The van der Waals surface area contributed by atoms with Crippen LogP contribution in [0.15, 0.2) is 65.7 Å². The third kappa shape index (κ3) is 6.21. The second kappa shape index (κ2) is 11.3. The molecular formula is C27H36N4O. The lowest BCUT2D eigenvalue weighted by atomic mass is 10.00. The number of guanidine groups is 1. The van der Waals surface area contributed by atoms with E-state index in [2.05, 4.69) is 82.7 Å². The number of nitrogens with one attached hydrogen (secondary N) is 1. The highest BCUT2D eigenvalue weighted by atomic mass is 16.3. The maximum absolute atomic E-state index is 9.68. The summed E-state index contributed by atoms with van der Waals surface area (Å²) in [5.41, 5.74) is 5.32. The molecule has 2 aliphatic rings. The summed E-state index contributed by atoms with van der Waals surface area (Å²) in [6.45, 7) is 8.47. The van der Waals surface area contributed by atoms with Gasteiger partial charge >= 0.3 is 0 Å². The first-order valence-electron chi connectivity index (χ1n) is 12.0. The smallest absolute Gasteiger partial charge is 0.194 e. The minimum Gasteiger partial charge on any atom is -0.393 e. The molecule has 0 amide bonds. The van der Waals surface area contributed by atoms with Gasteiger partial charge in [0.1, 0.15) is 0 Å². The Kier molecular flexibility index (Phi) is 7.97. The summed E-state index contributed by atoms with van der Waals surface area (Å²) in [6.07, 6.45) is 5.03. The van der Waals surface area contributed by atoms with E-state index in [0.29, 0.717) is 6.54 Å². The normalized spacial score (nSPS) is 18.5. The molecule has 5 heteroatoms. The van der Waals surface area contributed by atoms with Gasteiger partial charge in [-0.25, -0.2) is 4.99 Å². The zero-order valence-corrected chi connectivity index (χ0v) is 19.2. The van der Waals surface area contributed by atoms with Crippen molar-refractivity contribution >= 4 is 11.5 Å². The third-order valence-electron chi connectivity index (χ3n) is 6.39. The number of hydrogen-bond donors (Lipinski definition) is 2. The predicted molar refractivity (Wildman–Crippen MR) is 132 cm³/mol. The Bertz CT molecular complexity index is 899. The highest BCUT2D eigenvalue weighted by Crippen LogP contribution is 2.22. The number of likely N-dealkylation sites (tertiary alicyclic amines) is 1. The molecule has 0 saturated carbocycles. The molecule has 5 nitrogen and oxygen atoms in total. The van der Waals surface area contributed by atoms with Crippen molar-refractivity contribution in [3.05, 3.63) is 77.4 Å². The molecule has 32 heavy (non-hydrogen) atoms. The Hall–Kier alpha value is -2.63. The summed E-state index contributed by atoms with van der Waals surface area (Å²) in [6, 6.07) is 19.5. The number of rotatable bonds is 6. The summed E-state index contributed by atoms with van der Waals surface area (Å²) in [4.78, 5) is 9.69. The van der Waals surface area contributed by atoms with Crippen LogP contribution >= 0.6 is 0 Å². The second-order valence-corrected chi connectivity index (χ2v) is 8.79. The van der Waals surface area contributed by atoms with Crippen LogP contribution in [0.1, 0.15) is 42.9 Å². The molecule has 4 rings (SSSR count). The molecule has 0 atom stereocenters. The molecule has 170 valence electrons. The lowest BCUT2D eigenvalue weighted by molar-refractivity contribution is 0.0792. The van der Waals surface area contributed by atoms with Gasteiger partial charge in [-0.05, 0) is 48.4 Å². The molecular weight excluding hydrogens is 396 g/mol. The minimum atomic E-state index is -0.113. The van der Waals surface area contributed by atoms with Gasteiger partial charge in [-0.1, -0.05) is 60.7 Å². The molecule has 0 aromatic heterocycles. The Morgan fingerprint density at radius 1 is 1.00 bits per heavy atom. The standard InChI is InChI=1S/C27H36N4O/c1-2-28-27(31-18-12-25(13-19-31)24-6-4-3-5-7-24)29-20-22-8-10-23(11-9-22)21-30-16-14-26(32)15-17-30/h3-12,26,32H,2,13-21H2,1H3,(H,28,29).